The summed E-state index contributed by atoms with van der Waals surface area (Å²) in [6.07, 6.45) is 5.46. The van der Waals surface area contributed by atoms with Crippen LogP contribution in [0.5, 0.6) is 0 Å². The molecule has 0 radical (unpaired) electrons. The topological polar surface area (TPSA) is 87.8 Å². The van der Waals surface area contributed by atoms with Crippen molar-refractivity contribution in [3.8, 4) is 11.3 Å². The van der Waals surface area contributed by atoms with Crippen LogP contribution < -0.4 is 10.2 Å². The fraction of sp³-hybridized carbons (Fsp3) is 0.273. The molecule has 5 aromatic rings. The quantitative estimate of drug-likeness (QED) is 0.287. The molecule has 0 bridgehead atoms. The zero-order valence-corrected chi connectivity index (χ0v) is 24.2. The van der Waals surface area contributed by atoms with Gasteiger partial charge in [-0.15, -0.1) is 0 Å². The van der Waals surface area contributed by atoms with Gasteiger partial charge in [0.05, 0.1) is 23.0 Å². The molecular weight excluding hydrogens is 526 g/mol. The van der Waals surface area contributed by atoms with Crippen LogP contribution in [0.2, 0.25) is 0 Å². The maximum absolute atomic E-state index is 13.4. The molecule has 1 aliphatic rings. The number of para-hydroxylation sites is 1. The van der Waals surface area contributed by atoms with Gasteiger partial charge in [0, 0.05) is 75.4 Å². The van der Waals surface area contributed by atoms with E-state index in [-0.39, 0.29) is 18.1 Å². The third-order valence-corrected chi connectivity index (χ3v) is 8.17. The standard InChI is InChI=1S/C33H35N7O2/c1-23-8-9-24(33(42)34-20-25-6-4-5-7-30(25)39-16-14-37(2)15-17-39)18-27(23)19-32(41)28-21-36-40-22-26(10-11-31(28)40)29-12-13-35-38(29)3/h4-13,18,21-22H,14-17,19-20H2,1-3H3,(H,34,42). The number of rotatable bonds is 8. The van der Waals surface area contributed by atoms with Crippen molar-refractivity contribution in [3.63, 3.8) is 0 Å². The summed E-state index contributed by atoms with van der Waals surface area (Å²) in [6.45, 7) is 6.38. The minimum absolute atomic E-state index is 0.0416. The number of hydrogen-bond donors (Lipinski definition) is 1. The molecule has 214 valence electrons. The maximum Gasteiger partial charge on any atom is 0.251 e. The Labute approximate surface area is 245 Å². The van der Waals surface area contributed by atoms with Gasteiger partial charge in [-0.2, -0.15) is 10.2 Å². The number of piperazine rings is 1. The number of aromatic nitrogens is 4. The summed E-state index contributed by atoms with van der Waals surface area (Å²) in [5.74, 6) is -0.199. The Bertz CT molecular complexity index is 1760. The van der Waals surface area contributed by atoms with Crippen LogP contribution >= 0.6 is 0 Å². The highest BCUT2D eigenvalue weighted by atomic mass is 16.1. The van der Waals surface area contributed by atoms with Crippen LogP contribution in [0.1, 0.15) is 37.4 Å². The zero-order valence-electron chi connectivity index (χ0n) is 24.2. The Hall–Kier alpha value is -4.76. The number of nitrogens with zero attached hydrogens (tertiary/aromatic N) is 6. The molecule has 0 atom stereocenters. The molecule has 1 amide bonds. The van der Waals surface area contributed by atoms with E-state index < -0.39 is 0 Å². The van der Waals surface area contributed by atoms with Crippen LogP contribution in [0, 0.1) is 6.92 Å². The second-order valence-corrected chi connectivity index (χ2v) is 11.0. The first-order valence-electron chi connectivity index (χ1n) is 14.3. The zero-order chi connectivity index (χ0) is 29.2. The first kappa shape index (κ1) is 27.4. The molecule has 1 N–H and O–H groups in total. The third kappa shape index (κ3) is 5.56. The van der Waals surface area contributed by atoms with E-state index in [2.05, 4.69) is 44.5 Å². The number of amides is 1. The molecule has 4 heterocycles. The van der Waals surface area contributed by atoms with E-state index in [1.165, 1.54) is 5.69 Å². The van der Waals surface area contributed by atoms with E-state index in [0.717, 1.165) is 59.6 Å². The normalized spacial score (nSPS) is 13.9. The van der Waals surface area contributed by atoms with Gasteiger partial charge in [-0.1, -0.05) is 24.3 Å². The molecule has 1 aliphatic heterocycles. The minimum Gasteiger partial charge on any atom is -0.369 e. The van der Waals surface area contributed by atoms with E-state index >= 15 is 0 Å². The average Bonchev–Trinajstić information content (AvgIpc) is 3.63. The lowest BCUT2D eigenvalue weighted by molar-refractivity contribution is 0.0948. The fourth-order valence-electron chi connectivity index (χ4n) is 5.57. The van der Waals surface area contributed by atoms with Crippen molar-refractivity contribution in [1.82, 2.24) is 29.6 Å². The molecule has 42 heavy (non-hydrogen) atoms. The predicted octanol–water partition coefficient (Wildman–Crippen LogP) is 4.15. The molecule has 2 aromatic carbocycles. The second kappa shape index (κ2) is 11.6. The molecule has 0 unspecified atom stereocenters. The first-order chi connectivity index (χ1) is 20.4. The van der Waals surface area contributed by atoms with Crippen molar-refractivity contribution in [2.45, 2.75) is 19.9 Å². The predicted molar refractivity (Wildman–Crippen MR) is 164 cm³/mol. The van der Waals surface area contributed by atoms with Crippen molar-refractivity contribution in [1.29, 1.82) is 0 Å². The van der Waals surface area contributed by atoms with Crippen molar-refractivity contribution in [3.05, 3.63) is 107 Å². The highest BCUT2D eigenvalue weighted by Crippen LogP contribution is 2.24. The van der Waals surface area contributed by atoms with Crippen molar-refractivity contribution in [2.75, 3.05) is 38.1 Å². The van der Waals surface area contributed by atoms with E-state index in [4.69, 9.17) is 0 Å². The average molecular weight is 562 g/mol. The van der Waals surface area contributed by atoms with E-state index in [1.54, 1.807) is 21.6 Å². The van der Waals surface area contributed by atoms with Crippen LogP contribution in [0.3, 0.4) is 0 Å². The first-order valence-corrected chi connectivity index (χ1v) is 14.3. The molecule has 6 rings (SSSR count). The van der Waals surface area contributed by atoms with Crippen LogP contribution in [0.15, 0.2) is 79.3 Å². The summed E-state index contributed by atoms with van der Waals surface area (Å²) in [7, 11) is 4.03. The van der Waals surface area contributed by atoms with Gasteiger partial charge in [0.25, 0.3) is 5.91 Å². The van der Waals surface area contributed by atoms with Gasteiger partial charge in [0.2, 0.25) is 0 Å². The number of carbonyl (C=O) groups excluding carboxylic acids is 2. The van der Waals surface area contributed by atoms with Gasteiger partial charge in [0.1, 0.15) is 0 Å². The fourth-order valence-corrected chi connectivity index (χ4v) is 5.57. The summed E-state index contributed by atoms with van der Waals surface area (Å²) in [5.41, 5.74) is 7.84. The van der Waals surface area contributed by atoms with Gasteiger partial charge >= 0.3 is 0 Å². The summed E-state index contributed by atoms with van der Waals surface area (Å²) in [6, 6.07) is 19.7. The van der Waals surface area contributed by atoms with Crippen molar-refractivity contribution >= 4 is 22.9 Å². The number of aryl methyl sites for hydroxylation is 2. The maximum atomic E-state index is 13.4. The molecule has 3 aromatic heterocycles. The van der Waals surface area contributed by atoms with Crippen LogP contribution in [-0.2, 0) is 20.0 Å². The van der Waals surface area contributed by atoms with Crippen molar-refractivity contribution < 1.29 is 9.59 Å². The Balaban J connectivity index is 1.15. The van der Waals surface area contributed by atoms with Crippen LogP contribution in [0.4, 0.5) is 5.69 Å². The number of carbonyl (C=O) groups is 2. The second-order valence-electron chi connectivity index (χ2n) is 11.0. The van der Waals surface area contributed by atoms with Crippen molar-refractivity contribution in [2.24, 2.45) is 7.05 Å². The lowest BCUT2D eigenvalue weighted by Crippen LogP contribution is -2.45. The summed E-state index contributed by atoms with van der Waals surface area (Å²) in [4.78, 5) is 31.4. The third-order valence-electron chi connectivity index (χ3n) is 8.17. The molecule has 9 heteroatoms. The smallest absolute Gasteiger partial charge is 0.251 e. The summed E-state index contributed by atoms with van der Waals surface area (Å²) >= 11 is 0. The Morgan fingerprint density at radius 1 is 0.905 bits per heavy atom. The number of fused-ring (bicyclic) bond motifs is 1. The lowest BCUT2D eigenvalue weighted by atomic mass is 9.97. The summed E-state index contributed by atoms with van der Waals surface area (Å²) < 4.78 is 3.53. The molecule has 0 aliphatic carbocycles. The summed E-state index contributed by atoms with van der Waals surface area (Å²) in [5, 5.41) is 11.8. The molecule has 1 fully saturated rings. The highest BCUT2D eigenvalue weighted by molar-refractivity contribution is 6.04. The van der Waals surface area contributed by atoms with Gasteiger partial charge < -0.3 is 15.1 Å². The van der Waals surface area contributed by atoms with Crippen LogP contribution in [0.25, 0.3) is 16.8 Å². The highest BCUT2D eigenvalue weighted by Gasteiger charge is 2.19. The number of Topliss-reactive ketones (excluding diaryl/α,β-unsaturated/α-hetero) is 1. The Morgan fingerprint density at radius 2 is 1.71 bits per heavy atom. The number of pyridine rings is 1. The molecular formula is C33H35N7O2. The number of nitrogens with one attached hydrogen (secondary N) is 1. The largest absolute Gasteiger partial charge is 0.369 e. The Morgan fingerprint density at radius 3 is 2.50 bits per heavy atom. The number of anilines is 1. The van der Waals surface area contributed by atoms with E-state index in [1.807, 2.05) is 68.7 Å². The molecule has 1 saturated heterocycles. The van der Waals surface area contributed by atoms with Gasteiger partial charge in [-0.05, 0) is 67.1 Å². The van der Waals surface area contributed by atoms with Gasteiger partial charge in [-0.25, -0.2) is 4.52 Å². The number of hydrogen-bond acceptors (Lipinski definition) is 6. The lowest BCUT2D eigenvalue weighted by Gasteiger charge is -2.35. The SMILES string of the molecule is Cc1ccc(C(=O)NCc2ccccc2N2CCN(C)CC2)cc1CC(=O)c1cnn2cc(-c3ccnn3C)ccc12. The molecule has 0 spiro atoms. The van der Waals surface area contributed by atoms with Gasteiger partial charge in [-0.3, -0.25) is 14.3 Å². The molecule has 0 saturated carbocycles. The van der Waals surface area contributed by atoms with Gasteiger partial charge in [0.15, 0.2) is 5.78 Å². The van der Waals surface area contributed by atoms with E-state index in [9.17, 15) is 9.59 Å². The number of likely N-dealkylation sites (N-methyl/N-ethyl adjacent to an activating group) is 1. The number of benzene rings is 2. The van der Waals surface area contributed by atoms with E-state index in [0.29, 0.717) is 17.7 Å². The monoisotopic (exact) mass is 561 g/mol. The Kier molecular flexibility index (Phi) is 7.58. The minimum atomic E-state index is -0.157. The van der Waals surface area contributed by atoms with Crippen LogP contribution in [-0.4, -0.2) is 69.2 Å². The number of ketones is 1. The molecule has 9 nitrogen and oxygen atoms in total.